The van der Waals surface area contributed by atoms with Crippen molar-refractivity contribution in [2.24, 2.45) is 56.2 Å². The third kappa shape index (κ3) is 4.62. The summed E-state index contributed by atoms with van der Waals surface area (Å²) < 4.78 is 6.28. The van der Waals surface area contributed by atoms with Crippen molar-refractivity contribution in [2.75, 3.05) is 0 Å². The summed E-state index contributed by atoms with van der Waals surface area (Å²) in [4.78, 5) is 37.3. The number of carbonyl (C=O) groups excluding carboxylic acids is 2. The second-order valence-electron chi connectivity index (χ2n) is 18.2. The molecule has 0 spiro atoms. The monoisotopic (exact) mass is 647 g/mol. The Morgan fingerprint density at radius 3 is 2.29 bits per heavy atom. The summed E-state index contributed by atoms with van der Waals surface area (Å²) >= 11 is 0. The normalized spacial score (nSPS) is 39.6. The minimum atomic E-state index is -0.581. The zero-order valence-corrected chi connectivity index (χ0v) is 30.1. The summed E-state index contributed by atoms with van der Waals surface area (Å²) in [6.07, 6.45) is 13.5. The third-order valence-corrected chi connectivity index (χ3v) is 15.1. The Kier molecular flexibility index (Phi) is 7.67. The van der Waals surface area contributed by atoms with Gasteiger partial charge in [-0.05, 0) is 108 Å². The first-order valence-electron chi connectivity index (χ1n) is 18.3. The van der Waals surface area contributed by atoms with Gasteiger partial charge in [-0.1, -0.05) is 84.4 Å². The van der Waals surface area contributed by atoms with Crippen LogP contribution in [0.25, 0.3) is 5.57 Å². The van der Waals surface area contributed by atoms with Gasteiger partial charge in [-0.2, -0.15) is 5.26 Å². The van der Waals surface area contributed by atoms with Crippen LogP contribution in [-0.2, 0) is 20.9 Å². The van der Waals surface area contributed by atoms with Crippen LogP contribution in [0.2, 0.25) is 0 Å². The van der Waals surface area contributed by atoms with E-state index in [1.54, 1.807) is 6.33 Å². The molecule has 0 saturated heterocycles. The van der Waals surface area contributed by atoms with E-state index in [1.165, 1.54) is 11.1 Å². The highest BCUT2D eigenvalue weighted by Gasteiger charge is 2.71. The molecule has 1 heterocycles. The predicted octanol–water partition coefficient (Wildman–Crippen LogP) is 9.17. The van der Waals surface area contributed by atoms with Gasteiger partial charge >= 0.3 is 5.97 Å². The number of allylic oxidation sites excluding steroid dienone is 2. The van der Waals surface area contributed by atoms with Crippen LogP contribution in [0.1, 0.15) is 117 Å². The van der Waals surface area contributed by atoms with Gasteiger partial charge in [0.05, 0.1) is 11.5 Å². The van der Waals surface area contributed by atoms with Crippen molar-refractivity contribution in [1.82, 2.24) is 9.97 Å². The molecule has 6 nitrogen and oxygen atoms in total. The Labute approximate surface area is 287 Å². The van der Waals surface area contributed by atoms with E-state index in [0.29, 0.717) is 13.0 Å². The number of hydrogen-bond acceptors (Lipinski definition) is 6. The molecule has 4 saturated carbocycles. The van der Waals surface area contributed by atoms with Crippen LogP contribution < -0.4 is 0 Å². The summed E-state index contributed by atoms with van der Waals surface area (Å²) in [6, 6.07) is 12.5. The minimum absolute atomic E-state index is 0.0441. The van der Waals surface area contributed by atoms with Crippen LogP contribution in [-0.4, -0.2) is 21.7 Å². The Morgan fingerprint density at radius 1 is 0.917 bits per heavy atom. The molecule has 0 aliphatic heterocycles. The lowest BCUT2D eigenvalue weighted by atomic mass is 9.32. The summed E-state index contributed by atoms with van der Waals surface area (Å²) in [6.45, 7) is 16.7. The molecule has 8 atom stereocenters. The van der Waals surface area contributed by atoms with Gasteiger partial charge < -0.3 is 4.74 Å². The largest absolute Gasteiger partial charge is 0.460 e. The highest BCUT2D eigenvalue weighted by atomic mass is 16.5. The molecule has 6 heteroatoms. The first kappa shape index (κ1) is 33.2. The number of aromatic nitrogens is 2. The lowest BCUT2D eigenvalue weighted by molar-refractivity contribution is -0.193. The van der Waals surface area contributed by atoms with Crippen LogP contribution >= 0.6 is 0 Å². The molecule has 2 aromatic rings. The number of benzene rings is 1. The Hall–Kier alpha value is -3.33. The molecule has 254 valence electrons. The van der Waals surface area contributed by atoms with E-state index in [0.717, 1.165) is 62.5 Å². The minimum Gasteiger partial charge on any atom is -0.460 e. The van der Waals surface area contributed by atoms with Gasteiger partial charge in [0, 0.05) is 23.4 Å². The van der Waals surface area contributed by atoms with E-state index >= 15 is 0 Å². The Morgan fingerprint density at radius 2 is 1.60 bits per heavy atom. The average Bonchev–Trinajstić information content (AvgIpc) is 3.06. The van der Waals surface area contributed by atoms with E-state index in [2.05, 4.69) is 64.5 Å². The number of nitrogens with zero attached hydrogens (tertiary/aromatic N) is 3. The molecule has 1 aromatic heterocycles. The number of hydrogen-bond donors (Lipinski definition) is 0. The predicted molar refractivity (Wildman–Crippen MR) is 186 cm³/mol. The molecule has 7 rings (SSSR count). The number of carbonyl (C=O) groups is 2. The van der Waals surface area contributed by atoms with Gasteiger partial charge in [0.25, 0.3) is 0 Å². The summed E-state index contributed by atoms with van der Waals surface area (Å²) in [5.41, 5.74) is 3.34. The number of fused-ring (bicyclic) bond motifs is 7. The number of Topliss-reactive ketones (excluding diaryl/α,β-unsaturated/α-hetero) is 1. The van der Waals surface area contributed by atoms with Crippen molar-refractivity contribution < 1.29 is 14.3 Å². The lowest BCUT2D eigenvalue weighted by Crippen LogP contribution is -2.66. The van der Waals surface area contributed by atoms with Crippen LogP contribution in [0, 0.1) is 67.5 Å². The molecule has 48 heavy (non-hydrogen) atoms. The van der Waals surface area contributed by atoms with E-state index in [4.69, 9.17) is 4.74 Å². The molecular formula is C42H53N3O3. The van der Waals surface area contributed by atoms with Gasteiger partial charge in [-0.15, -0.1) is 0 Å². The molecule has 0 N–H and O–H groups in total. The highest BCUT2D eigenvalue weighted by Crippen LogP contribution is 2.77. The summed E-state index contributed by atoms with van der Waals surface area (Å²) in [5.74, 6) is 0.0260. The highest BCUT2D eigenvalue weighted by molar-refractivity contribution is 5.90. The standard InChI is InChI=1S/C42H53N3O3/c1-37(2)15-17-42(36(47)48-25-27-11-9-8-10-12-27)18-16-41(7)34(31(42)21-37)30(29-23-44-26-45-24-29)19-33-39(5)20-28(22-43)35(46)38(3,4)32(39)13-14-40(33,41)6/h8-12,23-24,26,28,31-33H,13-21,25H2,1-7H3/t28?,31-,32-,33?,39-,40+,41+,42-/m0/s1. The Balaban J connectivity index is 1.40. The maximum absolute atomic E-state index is 14.6. The second-order valence-corrected chi connectivity index (χ2v) is 18.2. The number of esters is 1. The van der Waals surface area contributed by atoms with E-state index < -0.39 is 16.7 Å². The zero-order valence-electron chi connectivity index (χ0n) is 30.1. The fourth-order valence-corrected chi connectivity index (χ4v) is 12.4. The molecule has 5 aliphatic carbocycles. The molecule has 0 radical (unpaired) electrons. The molecule has 0 bridgehead atoms. The van der Waals surface area contributed by atoms with Gasteiger partial charge in [0.1, 0.15) is 18.9 Å². The SMILES string of the molecule is CC1(C)CC[C@]2(C(=O)OCc3ccccc3)CC[C@]3(C)C(=C(c4cncnc4)CC4[C@@]5(C)CC(C#N)C(=O)C(C)(C)[C@@H]5CC[C@]43C)[C@@H]2C1. The molecule has 4 fully saturated rings. The lowest BCUT2D eigenvalue weighted by Gasteiger charge is -2.71. The molecule has 0 amide bonds. The number of ketones is 1. The van der Waals surface area contributed by atoms with Crippen molar-refractivity contribution in [2.45, 2.75) is 113 Å². The molecule has 5 aliphatic rings. The van der Waals surface area contributed by atoms with Crippen LogP contribution in [0.3, 0.4) is 0 Å². The zero-order chi connectivity index (χ0) is 34.3. The van der Waals surface area contributed by atoms with Gasteiger partial charge in [0.15, 0.2) is 5.78 Å². The topological polar surface area (TPSA) is 92.9 Å². The quantitative estimate of drug-likeness (QED) is 0.307. The average molecular weight is 648 g/mol. The van der Waals surface area contributed by atoms with Gasteiger partial charge in [-0.3, -0.25) is 9.59 Å². The summed E-state index contributed by atoms with van der Waals surface area (Å²) in [5, 5.41) is 10.3. The molecular weight excluding hydrogens is 594 g/mol. The summed E-state index contributed by atoms with van der Waals surface area (Å²) in [7, 11) is 0. The fraction of sp³-hybridized carbons (Fsp3) is 0.643. The van der Waals surface area contributed by atoms with Crippen molar-refractivity contribution in [3.8, 4) is 6.07 Å². The number of rotatable bonds is 4. The number of ether oxygens (including phenoxy) is 1. The van der Waals surface area contributed by atoms with Crippen molar-refractivity contribution in [3.05, 3.63) is 65.8 Å². The van der Waals surface area contributed by atoms with Gasteiger partial charge in [0.2, 0.25) is 0 Å². The van der Waals surface area contributed by atoms with Crippen molar-refractivity contribution >= 4 is 17.3 Å². The first-order valence-corrected chi connectivity index (χ1v) is 18.3. The van der Waals surface area contributed by atoms with Crippen molar-refractivity contribution in [1.29, 1.82) is 5.26 Å². The maximum atomic E-state index is 14.6. The number of nitriles is 1. The third-order valence-electron chi connectivity index (χ3n) is 15.1. The van der Waals surface area contributed by atoms with E-state index in [1.807, 2.05) is 42.7 Å². The van der Waals surface area contributed by atoms with E-state index in [9.17, 15) is 14.9 Å². The van der Waals surface area contributed by atoms with Crippen LogP contribution in [0.5, 0.6) is 0 Å². The smallest absolute Gasteiger partial charge is 0.313 e. The Bertz CT molecular complexity index is 1690. The van der Waals surface area contributed by atoms with E-state index in [-0.39, 0.29) is 51.2 Å². The fourth-order valence-electron chi connectivity index (χ4n) is 12.4. The first-order chi connectivity index (χ1) is 22.6. The van der Waals surface area contributed by atoms with Crippen LogP contribution in [0.4, 0.5) is 0 Å². The molecule has 2 unspecified atom stereocenters. The van der Waals surface area contributed by atoms with Crippen molar-refractivity contribution in [3.63, 3.8) is 0 Å². The van der Waals surface area contributed by atoms with Crippen LogP contribution in [0.15, 0.2) is 54.6 Å². The maximum Gasteiger partial charge on any atom is 0.313 e. The second kappa shape index (κ2) is 11.1. The molecule has 1 aromatic carbocycles. The van der Waals surface area contributed by atoms with Gasteiger partial charge in [-0.25, -0.2) is 9.97 Å².